The predicted molar refractivity (Wildman–Crippen MR) is 70.4 cm³/mol. The number of hydrogen-bond donors (Lipinski definition) is 1. The maximum Gasteiger partial charge on any atom is 0.0510 e. The molecule has 0 saturated carbocycles. The lowest BCUT2D eigenvalue weighted by molar-refractivity contribution is 0.752. The quantitative estimate of drug-likeness (QED) is 0.905. The molecule has 0 unspecified atom stereocenters. The Morgan fingerprint density at radius 3 is 2.53 bits per heavy atom. The van der Waals surface area contributed by atoms with E-state index in [2.05, 4.69) is 65.2 Å². The normalized spacial score (nSPS) is 10.8. The monoisotopic (exact) mass is 270 g/mol. The Hall–Kier alpha value is -0.540. The molecule has 15 heavy (non-hydrogen) atoms. The van der Waals surface area contributed by atoms with E-state index in [1.165, 1.54) is 11.3 Å². The summed E-state index contributed by atoms with van der Waals surface area (Å²) in [6, 6.07) is 7.01. The molecule has 1 aromatic carbocycles. The van der Waals surface area contributed by atoms with Crippen LogP contribution in [0.1, 0.15) is 19.4 Å². The van der Waals surface area contributed by atoms with Crippen molar-refractivity contribution in [3.63, 3.8) is 0 Å². The lowest BCUT2D eigenvalue weighted by Crippen LogP contribution is -2.25. The van der Waals surface area contributed by atoms with Crippen LogP contribution in [0, 0.1) is 0 Å². The highest BCUT2D eigenvalue weighted by Crippen LogP contribution is 2.27. The summed E-state index contributed by atoms with van der Waals surface area (Å²) in [6.07, 6.45) is 0. The Kier molecular flexibility index (Phi) is 4.61. The van der Waals surface area contributed by atoms with Gasteiger partial charge in [-0.15, -0.1) is 0 Å². The van der Waals surface area contributed by atoms with Crippen LogP contribution in [0.3, 0.4) is 0 Å². The molecule has 3 heteroatoms. The second kappa shape index (κ2) is 5.52. The highest BCUT2D eigenvalue weighted by Gasteiger charge is 2.08. The first-order valence-electron chi connectivity index (χ1n) is 5.22. The number of nitrogens with zero attached hydrogens (tertiary/aromatic N) is 1. The fourth-order valence-corrected chi connectivity index (χ4v) is 2.13. The highest BCUT2D eigenvalue weighted by molar-refractivity contribution is 9.10. The van der Waals surface area contributed by atoms with Crippen LogP contribution in [0.4, 0.5) is 5.69 Å². The molecule has 0 radical (unpaired) electrons. The molecular formula is C12H19BrN2. The number of anilines is 1. The molecule has 1 aromatic rings. The van der Waals surface area contributed by atoms with Crippen LogP contribution in [0.15, 0.2) is 22.7 Å². The van der Waals surface area contributed by atoms with E-state index in [1.54, 1.807) is 0 Å². The maximum absolute atomic E-state index is 3.62. The summed E-state index contributed by atoms with van der Waals surface area (Å²) in [7, 11) is 4.07. The van der Waals surface area contributed by atoms with E-state index in [4.69, 9.17) is 0 Å². The molecule has 1 rings (SSSR count). The molecule has 0 fully saturated rings. The topological polar surface area (TPSA) is 15.3 Å². The minimum Gasteiger partial charge on any atom is -0.371 e. The first kappa shape index (κ1) is 12.5. The molecule has 0 heterocycles. The number of nitrogens with one attached hydrogen (secondary N) is 1. The minimum atomic E-state index is 0.511. The number of benzene rings is 1. The van der Waals surface area contributed by atoms with Crippen molar-refractivity contribution in [3.05, 3.63) is 28.2 Å². The van der Waals surface area contributed by atoms with Crippen molar-refractivity contribution in [2.75, 3.05) is 19.0 Å². The summed E-state index contributed by atoms with van der Waals surface area (Å²) in [5, 5.41) is 3.15. The van der Waals surface area contributed by atoms with E-state index in [9.17, 15) is 0 Å². The largest absolute Gasteiger partial charge is 0.371 e. The zero-order chi connectivity index (χ0) is 11.4. The molecule has 0 aromatic heterocycles. The van der Waals surface area contributed by atoms with Gasteiger partial charge in [-0.25, -0.2) is 0 Å². The van der Waals surface area contributed by atoms with Crippen molar-refractivity contribution in [2.24, 2.45) is 0 Å². The van der Waals surface area contributed by atoms with Crippen molar-refractivity contribution in [2.45, 2.75) is 26.4 Å². The zero-order valence-electron chi connectivity index (χ0n) is 9.84. The molecule has 0 aliphatic rings. The summed E-state index contributed by atoms with van der Waals surface area (Å²) >= 11 is 3.62. The third-order valence-electron chi connectivity index (χ3n) is 2.55. The standard InChI is InChI=1S/C12H19BrN2/c1-9(2)15(4)12-6-5-10(8-14-3)7-11(12)13/h5-7,9,14H,8H2,1-4H3. The van der Waals surface area contributed by atoms with Gasteiger partial charge < -0.3 is 10.2 Å². The summed E-state index contributed by atoms with van der Waals surface area (Å²) in [6.45, 7) is 5.28. The second-order valence-corrected chi connectivity index (χ2v) is 4.88. The highest BCUT2D eigenvalue weighted by atomic mass is 79.9. The van der Waals surface area contributed by atoms with Gasteiger partial charge in [-0.2, -0.15) is 0 Å². The molecule has 2 nitrogen and oxygen atoms in total. The lowest BCUT2D eigenvalue weighted by atomic mass is 10.2. The number of hydrogen-bond acceptors (Lipinski definition) is 2. The molecule has 0 bridgehead atoms. The van der Waals surface area contributed by atoms with Crippen LogP contribution >= 0.6 is 15.9 Å². The Labute approximate surface area is 101 Å². The Morgan fingerprint density at radius 1 is 1.40 bits per heavy atom. The van der Waals surface area contributed by atoms with E-state index in [0.717, 1.165) is 11.0 Å². The van der Waals surface area contributed by atoms with Gasteiger partial charge in [-0.1, -0.05) is 6.07 Å². The Bertz CT molecular complexity index is 323. The van der Waals surface area contributed by atoms with Crippen molar-refractivity contribution in [1.82, 2.24) is 5.32 Å². The van der Waals surface area contributed by atoms with E-state index in [-0.39, 0.29) is 0 Å². The SMILES string of the molecule is CNCc1ccc(N(C)C(C)C)c(Br)c1. The Balaban J connectivity index is 2.92. The van der Waals surface area contributed by atoms with Crippen LogP contribution in [-0.4, -0.2) is 20.1 Å². The number of halogens is 1. The van der Waals surface area contributed by atoms with Gasteiger partial charge in [0, 0.05) is 24.1 Å². The van der Waals surface area contributed by atoms with E-state index < -0.39 is 0 Å². The first-order valence-corrected chi connectivity index (χ1v) is 6.01. The molecule has 0 amide bonds. The Morgan fingerprint density at radius 2 is 2.07 bits per heavy atom. The zero-order valence-corrected chi connectivity index (χ0v) is 11.4. The van der Waals surface area contributed by atoms with E-state index in [0.29, 0.717) is 6.04 Å². The van der Waals surface area contributed by atoms with Crippen molar-refractivity contribution < 1.29 is 0 Å². The van der Waals surface area contributed by atoms with Crippen LogP contribution in [0.2, 0.25) is 0 Å². The van der Waals surface area contributed by atoms with Crippen molar-refractivity contribution >= 4 is 21.6 Å². The van der Waals surface area contributed by atoms with Gasteiger partial charge in [-0.3, -0.25) is 0 Å². The third kappa shape index (κ3) is 3.21. The predicted octanol–water partition coefficient (Wildman–Crippen LogP) is 3.01. The summed E-state index contributed by atoms with van der Waals surface area (Å²) in [5.74, 6) is 0. The average Bonchev–Trinajstić information content (AvgIpc) is 2.17. The van der Waals surface area contributed by atoms with Crippen LogP contribution in [-0.2, 0) is 6.54 Å². The number of rotatable bonds is 4. The lowest BCUT2D eigenvalue weighted by Gasteiger charge is -2.25. The fraction of sp³-hybridized carbons (Fsp3) is 0.500. The molecule has 0 aliphatic heterocycles. The molecule has 0 atom stereocenters. The fourth-order valence-electron chi connectivity index (χ4n) is 1.43. The average molecular weight is 271 g/mol. The summed E-state index contributed by atoms with van der Waals surface area (Å²) in [5.41, 5.74) is 2.54. The van der Waals surface area contributed by atoms with Gasteiger partial charge >= 0.3 is 0 Å². The minimum absolute atomic E-state index is 0.511. The van der Waals surface area contributed by atoms with Crippen molar-refractivity contribution in [3.8, 4) is 0 Å². The van der Waals surface area contributed by atoms with Gasteiger partial charge in [-0.05, 0) is 54.5 Å². The van der Waals surface area contributed by atoms with Gasteiger partial charge in [0.05, 0.1) is 5.69 Å². The molecule has 0 aliphatic carbocycles. The third-order valence-corrected chi connectivity index (χ3v) is 3.18. The van der Waals surface area contributed by atoms with Crippen LogP contribution < -0.4 is 10.2 Å². The summed E-state index contributed by atoms with van der Waals surface area (Å²) < 4.78 is 1.16. The van der Waals surface area contributed by atoms with Crippen LogP contribution in [0.5, 0.6) is 0 Å². The first-order chi connectivity index (χ1) is 7.06. The van der Waals surface area contributed by atoms with E-state index >= 15 is 0 Å². The second-order valence-electron chi connectivity index (χ2n) is 4.02. The van der Waals surface area contributed by atoms with Gasteiger partial charge in [0.1, 0.15) is 0 Å². The van der Waals surface area contributed by atoms with Crippen LogP contribution in [0.25, 0.3) is 0 Å². The maximum atomic E-state index is 3.62. The molecule has 0 spiro atoms. The van der Waals surface area contributed by atoms with Gasteiger partial charge in [0.15, 0.2) is 0 Å². The van der Waals surface area contributed by atoms with E-state index in [1.807, 2.05) is 7.05 Å². The molecule has 1 N–H and O–H groups in total. The molecule has 0 saturated heterocycles. The van der Waals surface area contributed by atoms with Crippen molar-refractivity contribution in [1.29, 1.82) is 0 Å². The smallest absolute Gasteiger partial charge is 0.0510 e. The molecule has 84 valence electrons. The van der Waals surface area contributed by atoms with Gasteiger partial charge in [0.2, 0.25) is 0 Å². The summed E-state index contributed by atoms with van der Waals surface area (Å²) in [4.78, 5) is 2.26. The van der Waals surface area contributed by atoms with Gasteiger partial charge in [0.25, 0.3) is 0 Å². The molecular weight excluding hydrogens is 252 g/mol.